The van der Waals surface area contributed by atoms with Gasteiger partial charge in [-0.2, -0.15) is 0 Å². The number of aromatic nitrogens is 3. The van der Waals surface area contributed by atoms with Crippen LogP contribution in [0.1, 0.15) is 24.2 Å². The molecule has 8 nitrogen and oxygen atoms in total. The lowest BCUT2D eigenvalue weighted by atomic mass is 9.95. The van der Waals surface area contributed by atoms with Gasteiger partial charge in [0.15, 0.2) is 5.65 Å². The molecule has 0 bridgehead atoms. The predicted octanol–water partition coefficient (Wildman–Crippen LogP) is 1.31. The summed E-state index contributed by atoms with van der Waals surface area (Å²) in [6.45, 7) is 10.7. The van der Waals surface area contributed by atoms with Crippen LogP contribution in [-0.2, 0) is 9.53 Å². The molecule has 0 aromatic carbocycles. The van der Waals surface area contributed by atoms with Crippen LogP contribution in [0.4, 0.5) is 5.69 Å². The molecular weight excluding hydrogens is 368 g/mol. The summed E-state index contributed by atoms with van der Waals surface area (Å²) in [4.78, 5) is 30.8. The van der Waals surface area contributed by atoms with E-state index >= 15 is 0 Å². The highest BCUT2D eigenvalue weighted by atomic mass is 16.5. The molecule has 0 spiro atoms. The van der Waals surface area contributed by atoms with Gasteiger partial charge in [0, 0.05) is 45.2 Å². The van der Waals surface area contributed by atoms with Crippen molar-refractivity contribution in [2.24, 2.45) is 5.92 Å². The topological polar surface area (TPSA) is 83.5 Å². The average Bonchev–Trinajstić information content (AvgIpc) is 2.75. The van der Waals surface area contributed by atoms with E-state index < -0.39 is 0 Å². The Balaban J connectivity index is 1.28. The molecular formula is C21H30N6O2. The Bertz CT molecular complexity index is 860. The van der Waals surface area contributed by atoms with Crippen LogP contribution in [0.25, 0.3) is 11.2 Å². The Hall–Kier alpha value is -2.32. The monoisotopic (exact) mass is 398 g/mol. The number of fused-ring (bicyclic) bond motifs is 1. The molecule has 2 saturated heterocycles. The minimum atomic E-state index is 0.0917. The zero-order valence-electron chi connectivity index (χ0n) is 17.4. The van der Waals surface area contributed by atoms with Crippen LogP contribution >= 0.6 is 0 Å². The van der Waals surface area contributed by atoms with Crippen molar-refractivity contribution in [3.63, 3.8) is 0 Å². The van der Waals surface area contributed by atoms with Crippen LogP contribution in [0, 0.1) is 19.8 Å². The van der Waals surface area contributed by atoms with E-state index in [9.17, 15) is 4.79 Å². The second kappa shape index (κ2) is 9.00. The number of morpholine rings is 1. The first kappa shape index (κ1) is 20.0. The van der Waals surface area contributed by atoms with E-state index in [4.69, 9.17) is 4.74 Å². The van der Waals surface area contributed by atoms with Crippen molar-refractivity contribution < 1.29 is 9.53 Å². The van der Waals surface area contributed by atoms with Gasteiger partial charge in [0.1, 0.15) is 5.52 Å². The van der Waals surface area contributed by atoms with Crippen molar-refractivity contribution in [3.05, 3.63) is 23.7 Å². The number of pyridine rings is 1. The molecule has 2 aliphatic heterocycles. The Morgan fingerprint density at radius 2 is 1.86 bits per heavy atom. The number of hydrogen-bond acceptors (Lipinski definition) is 7. The summed E-state index contributed by atoms with van der Waals surface area (Å²) in [5, 5.41) is 3.12. The lowest BCUT2D eigenvalue weighted by Gasteiger charge is -2.33. The highest BCUT2D eigenvalue weighted by Crippen LogP contribution is 2.25. The molecule has 2 aromatic heterocycles. The minimum absolute atomic E-state index is 0.0917. The van der Waals surface area contributed by atoms with E-state index in [1.165, 1.54) is 0 Å². The number of piperidine rings is 1. The van der Waals surface area contributed by atoms with Gasteiger partial charge in [-0.05, 0) is 32.8 Å². The summed E-state index contributed by atoms with van der Waals surface area (Å²) in [5.41, 5.74) is 4.42. The van der Waals surface area contributed by atoms with Gasteiger partial charge in [-0.1, -0.05) is 0 Å². The summed E-state index contributed by atoms with van der Waals surface area (Å²) >= 11 is 0. The SMILES string of the molecule is Cc1nc2cc(N3CCC(C(=O)NCCN4CCOCC4)CC3)cnc2nc1C. The van der Waals surface area contributed by atoms with Gasteiger partial charge in [-0.25, -0.2) is 15.0 Å². The highest BCUT2D eigenvalue weighted by molar-refractivity contribution is 5.79. The summed E-state index contributed by atoms with van der Waals surface area (Å²) < 4.78 is 5.36. The first-order valence-corrected chi connectivity index (χ1v) is 10.5. The van der Waals surface area contributed by atoms with Gasteiger partial charge in [-0.15, -0.1) is 0 Å². The Morgan fingerprint density at radius 1 is 1.14 bits per heavy atom. The average molecular weight is 399 g/mol. The van der Waals surface area contributed by atoms with Crippen molar-refractivity contribution in [1.29, 1.82) is 0 Å². The molecule has 1 N–H and O–H groups in total. The van der Waals surface area contributed by atoms with E-state index in [1.807, 2.05) is 20.0 Å². The minimum Gasteiger partial charge on any atom is -0.379 e. The number of anilines is 1. The summed E-state index contributed by atoms with van der Waals surface area (Å²) in [6.07, 6.45) is 3.59. The van der Waals surface area contributed by atoms with Crippen molar-refractivity contribution in [3.8, 4) is 0 Å². The molecule has 0 radical (unpaired) electrons. The second-order valence-electron chi connectivity index (χ2n) is 7.94. The van der Waals surface area contributed by atoms with E-state index in [-0.39, 0.29) is 11.8 Å². The summed E-state index contributed by atoms with van der Waals surface area (Å²) in [7, 11) is 0. The van der Waals surface area contributed by atoms with Crippen LogP contribution in [-0.4, -0.2) is 78.2 Å². The van der Waals surface area contributed by atoms with Crippen LogP contribution in [0.15, 0.2) is 12.3 Å². The van der Waals surface area contributed by atoms with Gasteiger partial charge in [0.2, 0.25) is 5.91 Å². The van der Waals surface area contributed by atoms with Crippen LogP contribution in [0.2, 0.25) is 0 Å². The van der Waals surface area contributed by atoms with Gasteiger partial charge < -0.3 is 15.0 Å². The standard InChI is InChI=1S/C21H30N6O2/c1-15-16(2)25-20-19(24-15)13-18(14-23-20)27-6-3-17(4-7-27)21(28)22-5-8-26-9-11-29-12-10-26/h13-14,17H,3-12H2,1-2H3,(H,22,28). The molecule has 0 saturated carbocycles. The molecule has 2 aromatic rings. The van der Waals surface area contributed by atoms with E-state index in [0.29, 0.717) is 12.2 Å². The number of ether oxygens (including phenoxy) is 1. The molecule has 4 rings (SSSR count). The predicted molar refractivity (Wildman–Crippen MR) is 112 cm³/mol. The van der Waals surface area contributed by atoms with Crippen LogP contribution < -0.4 is 10.2 Å². The third kappa shape index (κ3) is 4.82. The molecule has 2 fully saturated rings. The fraction of sp³-hybridized carbons (Fsp3) is 0.619. The molecule has 8 heteroatoms. The number of aryl methyl sites for hydroxylation is 2. The number of hydrogen-bond donors (Lipinski definition) is 1. The number of carbonyl (C=O) groups is 1. The third-order valence-corrected chi connectivity index (χ3v) is 5.98. The fourth-order valence-corrected chi connectivity index (χ4v) is 3.98. The molecule has 156 valence electrons. The largest absolute Gasteiger partial charge is 0.379 e. The summed E-state index contributed by atoms with van der Waals surface area (Å²) in [5.74, 6) is 0.278. The fourth-order valence-electron chi connectivity index (χ4n) is 3.98. The number of amides is 1. The maximum absolute atomic E-state index is 12.5. The molecule has 2 aliphatic rings. The number of nitrogens with zero attached hydrogens (tertiary/aromatic N) is 5. The van der Waals surface area contributed by atoms with E-state index in [2.05, 4.69) is 36.1 Å². The molecule has 0 unspecified atom stereocenters. The van der Waals surface area contributed by atoms with Crippen molar-refractivity contribution in [1.82, 2.24) is 25.2 Å². The lowest BCUT2D eigenvalue weighted by Crippen LogP contribution is -2.44. The van der Waals surface area contributed by atoms with Crippen molar-refractivity contribution in [2.45, 2.75) is 26.7 Å². The van der Waals surface area contributed by atoms with Gasteiger partial charge in [0.05, 0.1) is 36.5 Å². The first-order chi connectivity index (χ1) is 14.1. The lowest BCUT2D eigenvalue weighted by molar-refractivity contribution is -0.125. The van der Waals surface area contributed by atoms with Crippen LogP contribution in [0.3, 0.4) is 0 Å². The molecule has 0 aliphatic carbocycles. The second-order valence-corrected chi connectivity index (χ2v) is 7.94. The van der Waals surface area contributed by atoms with Gasteiger partial charge in [-0.3, -0.25) is 9.69 Å². The van der Waals surface area contributed by atoms with Gasteiger partial charge in [0.25, 0.3) is 0 Å². The van der Waals surface area contributed by atoms with E-state index in [0.717, 1.165) is 81.4 Å². The van der Waals surface area contributed by atoms with Gasteiger partial charge >= 0.3 is 0 Å². The number of rotatable bonds is 5. The Kier molecular flexibility index (Phi) is 6.20. The smallest absolute Gasteiger partial charge is 0.223 e. The zero-order chi connectivity index (χ0) is 20.2. The maximum atomic E-state index is 12.5. The van der Waals surface area contributed by atoms with E-state index in [1.54, 1.807) is 0 Å². The normalized spacial score (nSPS) is 18.9. The number of nitrogens with one attached hydrogen (secondary N) is 1. The highest BCUT2D eigenvalue weighted by Gasteiger charge is 2.25. The molecule has 1 amide bonds. The Morgan fingerprint density at radius 3 is 2.62 bits per heavy atom. The maximum Gasteiger partial charge on any atom is 0.223 e. The molecule has 4 heterocycles. The first-order valence-electron chi connectivity index (χ1n) is 10.5. The quantitative estimate of drug-likeness (QED) is 0.813. The molecule has 29 heavy (non-hydrogen) atoms. The molecule has 0 atom stereocenters. The van der Waals surface area contributed by atoms with Crippen molar-refractivity contribution in [2.75, 3.05) is 57.4 Å². The summed E-state index contributed by atoms with van der Waals surface area (Å²) in [6, 6.07) is 2.06. The Labute approximate surface area is 171 Å². The number of carbonyl (C=O) groups excluding carboxylic acids is 1. The van der Waals surface area contributed by atoms with Crippen molar-refractivity contribution >= 4 is 22.8 Å². The third-order valence-electron chi connectivity index (χ3n) is 5.98. The zero-order valence-corrected chi connectivity index (χ0v) is 17.4. The van der Waals surface area contributed by atoms with Crippen LogP contribution in [0.5, 0.6) is 0 Å².